The van der Waals surface area contributed by atoms with E-state index in [2.05, 4.69) is 4.98 Å². The summed E-state index contributed by atoms with van der Waals surface area (Å²) in [6.45, 7) is 4.36. The quantitative estimate of drug-likeness (QED) is 0.723. The van der Waals surface area contributed by atoms with Gasteiger partial charge < -0.3 is 10.1 Å². The molecule has 0 fully saturated rings. The number of hydrogen-bond acceptors (Lipinski definition) is 3. The van der Waals surface area contributed by atoms with Crippen LogP contribution in [0.2, 0.25) is 0 Å². The van der Waals surface area contributed by atoms with Crippen LogP contribution in [0.5, 0.6) is 0 Å². The predicted octanol–water partition coefficient (Wildman–Crippen LogP) is 3.47. The number of hydrogen-bond donors (Lipinski definition) is 2. The molecule has 0 spiro atoms. The smallest absolute Gasteiger partial charge is 0.243 e. The van der Waals surface area contributed by atoms with Crippen LogP contribution in [0.4, 0.5) is 0 Å². The summed E-state index contributed by atoms with van der Waals surface area (Å²) in [5, 5.41) is 12.2. The minimum absolute atomic E-state index is 0.155. The third kappa shape index (κ3) is 3.08. The number of rotatable bonds is 4. The highest BCUT2D eigenvalue weighted by Gasteiger charge is 2.43. The van der Waals surface area contributed by atoms with Gasteiger partial charge >= 0.3 is 0 Å². The van der Waals surface area contributed by atoms with E-state index in [-0.39, 0.29) is 10.8 Å². The van der Waals surface area contributed by atoms with Crippen molar-refractivity contribution in [2.24, 2.45) is 5.92 Å². The molecule has 27 heavy (non-hydrogen) atoms. The van der Waals surface area contributed by atoms with Crippen molar-refractivity contribution < 1.29 is 13.5 Å². The molecule has 1 aromatic heterocycles. The zero-order chi connectivity index (χ0) is 19.2. The van der Waals surface area contributed by atoms with E-state index in [1.807, 2.05) is 44.3 Å². The van der Waals surface area contributed by atoms with Crippen LogP contribution in [-0.4, -0.2) is 35.4 Å². The second-order valence-corrected chi connectivity index (χ2v) is 9.44. The van der Waals surface area contributed by atoms with Gasteiger partial charge in [-0.2, -0.15) is 4.31 Å². The molecule has 0 saturated heterocycles. The molecule has 2 heterocycles. The molecular formula is C21H24N2O3S. The normalized spacial score (nSPS) is 22.2. The third-order valence-electron chi connectivity index (χ3n) is 5.22. The first kappa shape index (κ1) is 18.2. The van der Waals surface area contributed by atoms with Gasteiger partial charge in [0.15, 0.2) is 0 Å². The van der Waals surface area contributed by atoms with E-state index >= 15 is 0 Å². The van der Waals surface area contributed by atoms with E-state index in [4.69, 9.17) is 0 Å². The maximum Gasteiger partial charge on any atom is 0.243 e. The first-order valence-electron chi connectivity index (χ1n) is 9.23. The molecule has 2 N–H and O–H groups in total. The average Bonchev–Trinajstić information content (AvgIpc) is 3.12. The molecule has 3 aromatic rings. The van der Waals surface area contributed by atoms with Gasteiger partial charge in [0, 0.05) is 29.2 Å². The van der Waals surface area contributed by atoms with Gasteiger partial charge in [0.2, 0.25) is 10.0 Å². The molecule has 0 aliphatic carbocycles. The highest BCUT2D eigenvalue weighted by Crippen LogP contribution is 2.39. The van der Waals surface area contributed by atoms with E-state index in [0.29, 0.717) is 18.5 Å². The van der Waals surface area contributed by atoms with Crippen LogP contribution in [0.3, 0.4) is 0 Å². The fourth-order valence-electron chi connectivity index (χ4n) is 3.99. The molecule has 4 rings (SSSR count). The van der Waals surface area contributed by atoms with Crippen molar-refractivity contribution in [2.45, 2.75) is 37.3 Å². The molecule has 0 saturated carbocycles. The van der Waals surface area contributed by atoms with Crippen LogP contribution in [0, 0.1) is 5.92 Å². The second kappa shape index (κ2) is 6.78. The van der Waals surface area contributed by atoms with Crippen molar-refractivity contribution in [1.29, 1.82) is 0 Å². The van der Waals surface area contributed by atoms with Crippen molar-refractivity contribution in [3.05, 3.63) is 65.9 Å². The maximum atomic E-state index is 13.3. The van der Waals surface area contributed by atoms with Crippen molar-refractivity contribution in [3.8, 4) is 0 Å². The van der Waals surface area contributed by atoms with Gasteiger partial charge in [0.25, 0.3) is 0 Å². The summed E-state index contributed by atoms with van der Waals surface area (Å²) >= 11 is 0. The first-order chi connectivity index (χ1) is 12.9. The largest absolute Gasteiger partial charge is 0.387 e. The summed E-state index contributed by atoms with van der Waals surface area (Å²) in [7, 11) is -3.65. The Morgan fingerprint density at radius 2 is 1.89 bits per heavy atom. The number of aliphatic hydroxyl groups excluding tert-OH is 1. The van der Waals surface area contributed by atoms with Crippen LogP contribution < -0.4 is 0 Å². The Balaban J connectivity index is 1.83. The number of fused-ring (bicyclic) bond motifs is 2. The molecule has 2 aromatic carbocycles. The molecule has 5 nitrogen and oxygen atoms in total. The minimum atomic E-state index is -3.65. The topological polar surface area (TPSA) is 73.4 Å². The summed E-state index contributed by atoms with van der Waals surface area (Å²) in [5.74, 6) is 0.155. The van der Waals surface area contributed by atoms with E-state index in [1.165, 1.54) is 4.31 Å². The van der Waals surface area contributed by atoms with Crippen LogP contribution >= 0.6 is 0 Å². The zero-order valence-electron chi connectivity index (χ0n) is 15.5. The van der Waals surface area contributed by atoms with Crippen molar-refractivity contribution in [1.82, 2.24) is 9.29 Å². The van der Waals surface area contributed by atoms with E-state index in [1.54, 1.807) is 24.3 Å². The lowest BCUT2D eigenvalue weighted by molar-refractivity contribution is 0.0755. The number of aliphatic hydroxyl groups is 1. The van der Waals surface area contributed by atoms with Gasteiger partial charge in [0.1, 0.15) is 0 Å². The number of benzene rings is 2. The zero-order valence-corrected chi connectivity index (χ0v) is 16.3. The first-order valence-corrected chi connectivity index (χ1v) is 10.7. The Morgan fingerprint density at radius 1 is 1.11 bits per heavy atom. The van der Waals surface area contributed by atoms with Crippen LogP contribution in [0.1, 0.15) is 31.1 Å². The number of aromatic amines is 1. The van der Waals surface area contributed by atoms with E-state index < -0.39 is 22.2 Å². The summed E-state index contributed by atoms with van der Waals surface area (Å²) in [4.78, 5) is 3.41. The Labute approximate surface area is 159 Å². The third-order valence-corrected chi connectivity index (χ3v) is 7.18. The lowest BCUT2D eigenvalue weighted by Gasteiger charge is -2.40. The Hall–Kier alpha value is -2.15. The summed E-state index contributed by atoms with van der Waals surface area (Å²) in [6, 6.07) is 14.2. The molecule has 2 unspecified atom stereocenters. The molecule has 1 aliphatic heterocycles. The van der Waals surface area contributed by atoms with Crippen molar-refractivity contribution >= 4 is 20.9 Å². The minimum Gasteiger partial charge on any atom is -0.387 e. The molecule has 0 amide bonds. The second-order valence-electron chi connectivity index (χ2n) is 7.58. The Kier molecular flexibility index (Phi) is 4.58. The molecule has 0 radical (unpaired) electrons. The number of nitrogens with one attached hydrogen (secondary N) is 1. The highest BCUT2D eigenvalue weighted by atomic mass is 32.2. The van der Waals surface area contributed by atoms with Crippen LogP contribution in [-0.2, 0) is 16.4 Å². The van der Waals surface area contributed by atoms with Gasteiger partial charge in [-0.1, -0.05) is 44.2 Å². The average molecular weight is 385 g/mol. The van der Waals surface area contributed by atoms with Gasteiger partial charge in [0.05, 0.1) is 17.0 Å². The number of sulfonamides is 1. The number of H-pyrrole nitrogens is 1. The molecule has 142 valence electrons. The monoisotopic (exact) mass is 384 g/mol. The molecule has 0 bridgehead atoms. The van der Waals surface area contributed by atoms with Gasteiger partial charge in [-0.25, -0.2) is 8.42 Å². The Morgan fingerprint density at radius 3 is 2.67 bits per heavy atom. The number of aromatic nitrogens is 1. The SMILES string of the molecule is CC(C)CN1C(Cc2cccc3[nH]ccc23)C(O)c2ccccc2S1(=O)=O. The fraction of sp³-hybridized carbons (Fsp3) is 0.333. The standard InChI is InChI=1S/C21H24N2O3S/c1-14(2)13-23-19(12-15-6-5-8-18-16(15)10-11-22-18)21(24)17-7-3-4-9-20(17)27(23,25)26/h3-11,14,19,21-22,24H,12-13H2,1-2H3. The van der Waals surface area contributed by atoms with Crippen molar-refractivity contribution in [2.75, 3.05) is 6.54 Å². The van der Waals surface area contributed by atoms with Crippen molar-refractivity contribution in [3.63, 3.8) is 0 Å². The maximum absolute atomic E-state index is 13.3. The Bertz CT molecular complexity index is 1070. The fourth-order valence-corrected chi connectivity index (χ4v) is 6.02. The van der Waals surface area contributed by atoms with Gasteiger partial charge in [-0.3, -0.25) is 0 Å². The lowest BCUT2D eigenvalue weighted by Crippen LogP contribution is -2.50. The van der Waals surface area contributed by atoms with E-state index in [0.717, 1.165) is 16.5 Å². The highest BCUT2D eigenvalue weighted by molar-refractivity contribution is 7.89. The molecule has 1 aliphatic rings. The predicted molar refractivity (Wildman–Crippen MR) is 106 cm³/mol. The molecule has 2 atom stereocenters. The molecule has 6 heteroatoms. The lowest BCUT2D eigenvalue weighted by atomic mass is 9.93. The summed E-state index contributed by atoms with van der Waals surface area (Å²) in [5.41, 5.74) is 2.53. The van der Waals surface area contributed by atoms with Crippen LogP contribution in [0.25, 0.3) is 10.9 Å². The number of nitrogens with zero attached hydrogens (tertiary/aromatic N) is 1. The molecular weight excluding hydrogens is 360 g/mol. The van der Waals surface area contributed by atoms with Gasteiger partial charge in [-0.05, 0) is 36.1 Å². The summed E-state index contributed by atoms with van der Waals surface area (Å²) in [6.07, 6.45) is 1.47. The van der Waals surface area contributed by atoms with E-state index in [9.17, 15) is 13.5 Å². The van der Waals surface area contributed by atoms with Crippen LogP contribution in [0.15, 0.2) is 59.6 Å². The van der Waals surface area contributed by atoms with Gasteiger partial charge in [-0.15, -0.1) is 0 Å². The summed E-state index contributed by atoms with van der Waals surface area (Å²) < 4.78 is 28.1.